The summed E-state index contributed by atoms with van der Waals surface area (Å²) in [6.07, 6.45) is 1.80. The van der Waals surface area contributed by atoms with Crippen LogP contribution in [0.5, 0.6) is 23.0 Å². The Labute approximate surface area is 240 Å². The fourth-order valence-corrected chi connectivity index (χ4v) is 5.59. The lowest BCUT2D eigenvalue weighted by Crippen LogP contribution is -2.34. The second-order valence-corrected chi connectivity index (χ2v) is 11.1. The van der Waals surface area contributed by atoms with E-state index in [-0.39, 0.29) is 29.5 Å². The molecule has 5 rings (SSSR count). The van der Waals surface area contributed by atoms with E-state index < -0.39 is 23.6 Å². The van der Waals surface area contributed by atoms with Crippen molar-refractivity contribution in [1.29, 1.82) is 0 Å². The van der Waals surface area contributed by atoms with Crippen LogP contribution in [0.3, 0.4) is 0 Å². The normalized spacial score (nSPS) is 14.5. The van der Waals surface area contributed by atoms with Gasteiger partial charge in [0.2, 0.25) is 0 Å². The summed E-state index contributed by atoms with van der Waals surface area (Å²) < 4.78 is 50.4. The summed E-state index contributed by atoms with van der Waals surface area (Å²) in [6, 6.07) is 7.91. The monoisotopic (exact) mass is 583 g/mol. The maximum absolute atomic E-state index is 13.8. The van der Waals surface area contributed by atoms with Crippen molar-refractivity contribution >= 4 is 11.6 Å². The third-order valence-electron chi connectivity index (χ3n) is 7.62. The van der Waals surface area contributed by atoms with E-state index in [1.54, 1.807) is 22.6 Å². The second kappa shape index (κ2) is 10.7. The van der Waals surface area contributed by atoms with Crippen molar-refractivity contribution in [2.45, 2.75) is 46.3 Å². The van der Waals surface area contributed by atoms with E-state index in [0.29, 0.717) is 51.8 Å². The van der Waals surface area contributed by atoms with E-state index in [2.05, 4.69) is 0 Å². The standard InChI is InChI=1S/C30H31F2N3O7/c1-30(2,3)20-12-21-24(33-26-23(41-6)10-17(14-34(21)26)42-29(31)32)25-18(20)11-19(28(37)38)27(36)35(25)13-15-7-8-16(39-4)9-22(15)40-5/h7-11,14,20,29H,12-13H2,1-6H3,(H,37,38). The van der Waals surface area contributed by atoms with Gasteiger partial charge in [0.05, 0.1) is 45.5 Å². The van der Waals surface area contributed by atoms with Gasteiger partial charge in [0, 0.05) is 17.7 Å². The number of fused-ring (bicyclic) bond motifs is 5. The fraction of sp³-hybridized carbons (Fsp3) is 0.367. The molecule has 0 saturated heterocycles. The Hall–Kier alpha value is -4.61. The van der Waals surface area contributed by atoms with Crippen LogP contribution in [0.15, 0.2) is 41.3 Å². The van der Waals surface area contributed by atoms with Gasteiger partial charge in [-0.25, -0.2) is 9.78 Å². The fourth-order valence-electron chi connectivity index (χ4n) is 5.59. The molecular formula is C30H31F2N3O7. The predicted octanol–water partition coefficient (Wildman–Crippen LogP) is 5.22. The van der Waals surface area contributed by atoms with Crippen molar-refractivity contribution in [3.63, 3.8) is 0 Å². The highest BCUT2D eigenvalue weighted by atomic mass is 19.3. The topological polar surface area (TPSA) is 114 Å². The molecule has 1 aliphatic carbocycles. The summed E-state index contributed by atoms with van der Waals surface area (Å²) in [5.41, 5.74) is 1.61. The van der Waals surface area contributed by atoms with Gasteiger partial charge in [-0.1, -0.05) is 20.8 Å². The van der Waals surface area contributed by atoms with Gasteiger partial charge in [-0.2, -0.15) is 8.78 Å². The van der Waals surface area contributed by atoms with Crippen molar-refractivity contribution < 1.29 is 37.6 Å². The lowest BCUT2D eigenvalue weighted by molar-refractivity contribution is -0.0502. The Morgan fingerprint density at radius 2 is 1.76 bits per heavy atom. The highest BCUT2D eigenvalue weighted by Gasteiger charge is 2.39. The molecule has 0 radical (unpaired) electrons. The molecule has 1 aliphatic rings. The summed E-state index contributed by atoms with van der Waals surface area (Å²) in [5, 5.41) is 10.0. The van der Waals surface area contributed by atoms with E-state index in [1.807, 2.05) is 20.8 Å². The number of hydrogen-bond acceptors (Lipinski definition) is 7. The zero-order valence-electron chi connectivity index (χ0n) is 24.0. The Morgan fingerprint density at radius 1 is 1.07 bits per heavy atom. The molecule has 0 aliphatic heterocycles. The largest absolute Gasteiger partial charge is 0.497 e. The molecule has 3 aromatic heterocycles. The van der Waals surface area contributed by atoms with E-state index >= 15 is 0 Å². The molecular weight excluding hydrogens is 552 g/mol. The molecule has 1 unspecified atom stereocenters. The zero-order valence-corrected chi connectivity index (χ0v) is 24.0. The van der Waals surface area contributed by atoms with Crippen LogP contribution in [0.2, 0.25) is 0 Å². The first-order chi connectivity index (χ1) is 19.9. The molecule has 222 valence electrons. The van der Waals surface area contributed by atoms with Crippen molar-refractivity contribution in [2.24, 2.45) is 5.41 Å². The summed E-state index contributed by atoms with van der Waals surface area (Å²) in [7, 11) is 4.41. The smallest absolute Gasteiger partial charge is 0.387 e. The number of carboxylic acid groups (broad SMARTS) is 1. The Bertz CT molecular complexity index is 1750. The number of alkyl halides is 2. The van der Waals surface area contributed by atoms with Gasteiger partial charge in [0.25, 0.3) is 5.56 Å². The molecule has 3 heterocycles. The zero-order chi connectivity index (χ0) is 30.5. The van der Waals surface area contributed by atoms with Crippen LogP contribution in [-0.4, -0.2) is 53.0 Å². The van der Waals surface area contributed by atoms with Gasteiger partial charge in [-0.3, -0.25) is 9.20 Å². The first-order valence-corrected chi connectivity index (χ1v) is 13.1. The first kappa shape index (κ1) is 28.9. The minimum Gasteiger partial charge on any atom is -0.497 e. The number of methoxy groups -OCH3 is 3. The molecule has 10 nitrogen and oxygen atoms in total. The molecule has 42 heavy (non-hydrogen) atoms. The first-order valence-electron chi connectivity index (χ1n) is 13.1. The summed E-state index contributed by atoms with van der Waals surface area (Å²) in [6.45, 7) is 2.97. The molecule has 0 fully saturated rings. The summed E-state index contributed by atoms with van der Waals surface area (Å²) >= 11 is 0. The van der Waals surface area contributed by atoms with Gasteiger partial charge >= 0.3 is 12.6 Å². The van der Waals surface area contributed by atoms with Gasteiger partial charge in [-0.15, -0.1) is 0 Å². The van der Waals surface area contributed by atoms with Crippen molar-refractivity contribution in [3.8, 4) is 34.4 Å². The molecule has 1 atom stereocenters. The average molecular weight is 584 g/mol. The minimum atomic E-state index is -3.05. The van der Waals surface area contributed by atoms with Crippen LogP contribution in [0.1, 0.15) is 53.9 Å². The van der Waals surface area contributed by atoms with Crippen LogP contribution >= 0.6 is 0 Å². The number of halogens is 2. The van der Waals surface area contributed by atoms with Gasteiger partial charge in [-0.05, 0) is 41.5 Å². The highest BCUT2D eigenvalue weighted by Crippen LogP contribution is 2.48. The molecule has 1 aromatic carbocycles. The number of aromatic nitrogens is 3. The highest BCUT2D eigenvalue weighted by molar-refractivity contribution is 5.88. The lowest BCUT2D eigenvalue weighted by Gasteiger charge is -2.36. The van der Waals surface area contributed by atoms with Crippen molar-refractivity contribution in [1.82, 2.24) is 14.0 Å². The SMILES string of the molecule is COc1ccc(Cn2c3c(cc(C(=O)O)c2=O)C(C(C)(C)C)Cc2c-3nc3c(OC)cc(OC(F)F)cn23)c(OC)c1. The van der Waals surface area contributed by atoms with Gasteiger partial charge < -0.3 is 28.6 Å². The van der Waals surface area contributed by atoms with Crippen LogP contribution in [0.25, 0.3) is 17.0 Å². The second-order valence-electron chi connectivity index (χ2n) is 11.1. The van der Waals surface area contributed by atoms with E-state index in [0.717, 1.165) is 0 Å². The third-order valence-corrected chi connectivity index (χ3v) is 7.62. The van der Waals surface area contributed by atoms with E-state index in [9.17, 15) is 23.5 Å². The van der Waals surface area contributed by atoms with Crippen LogP contribution in [-0.2, 0) is 13.0 Å². The number of hydrogen-bond donors (Lipinski definition) is 1. The van der Waals surface area contributed by atoms with Crippen molar-refractivity contribution in [2.75, 3.05) is 21.3 Å². The number of ether oxygens (including phenoxy) is 4. The van der Waals surface area contributed by atoms with Crippen LogP contribution in [0, 0.1) is 5.41 Å². The van der Waals surface area contributed by atoms with E-state index in [1.165, 1.54) is 44.2 Å². The quantitative estimate of drug-likeness (QED) is 0.300. The average Bonchev–Trinajstić information content (AvgIpc) is 3.30. The number of benzene rings is 1. The summed E-state index contributed by atoms with van der Waals surface area (Å²) in [5.74, 6) is -0.535. The molecule has 4 aromatic rings. The van der Waals surface area contributed by atoms with Crippen LogP contribution < -0.4 is 24.5 Å². The number of aromatic carboxylic acids is 1. The lowest BCUT2D eigenvalue weighted by atomic mass is 9.70. The van der Waals surface area contributed by atoms with Crippen molar-refractivity contribution in [3.05, 3.63) is 69.3 Å². The summed E-state index contributed by atoms with van der Waals surface area (Å²) in [4.78, 5) is 31.0. The molecule has 0 saturated carbocycles. The molecule has 0 spiro atoms. The number of nitrogens with zero attached hydrogens (tertiary/aromatic N) is 3. The van der Waals surface area contributed by atoms with Crippen LogP contribution in [0.4, 0.5) is 8.78 Å². The van der Waals surface area contributed by atoms with E-state index in [4.69, 9.17) is 23.9 Å². The number of carbonyl (C=O) groups is 1. The van der Waals surface area contributed by atoms with Gasteiger partial charge in [0.15, 0.2) is 11.4 Å². The Morgan fingerprint density at radius 3 is 2.36 bits per heavy atom. The minimum absolute atomic E-state index is 0.0312. The number of pyridine rings is 2. The Kier molecular flexibility index (Phi) is 7.33. The number of rotatable bonds is 8. The maximum Gasteiger partial charge on any atom is 0.387 e. The predicted molar refractivity (Wildman–Crippen MR) is 150 cm³/mol. The van der Waals surface area contributed by atoms with Gasteiger partial charge in [0.1, 0.15) is 28.5 Å². The number of carboxylic acids is 1. The number of imidazole rings is 1. The molecule has 1 N–H and O–H groups in total. The third kappa shape index (κ3) is 4.90. The molecule has 12 heteroatoms. The Balaban J connectivity index is 1.86. The molecule has 0 amide bonds. The molecule has 0 bridgehead atoms. The maximum atomic E-state index is 13.8.